The molecule has 1 N–H and O–H groups in total. The first-order valence-electron chi connectivity index (χ1n) is 8.20. The number of aliphatic hydroxyl groups is 1. The highest BCUT2D eigenvalue weighted by molar-refractivity contribution is 5.13. The van der Waals surface area contributed by atoms with Gasteiger partial charge in [0, 0.05) is 26.7 Å². The second kappa shape index (κ2) is 8.34. The molecule has 2 aromatic rings. The standard InChI is InChI=1S/C17H24N4O3/c1-20-13-18-19-17(20)16-10-21(7-8-24-16)9-15(22)12-23-11-14-5-3-2-4-6-14/h2-6,13,15-16,22H,7-12H2,1H3/t15-,16?/m0/s1. The van der Waals surface area contributed by atoms with Gasteiger partial charge in [0.1, 0.15) is 12.4 Å². The minimum Gasteiger partial charge on any atom is -0.389 e. The average Bonchev–Trinajstić information content (AvgIpc) is 3.02. The van der Waals surface area contributed by atoms with Gasteiger partial charge in [-0.3, -0.25) is 4.90 Å². The number of aliphatic hydroxyl groups excluding tert-OH is 1. The molecule has 0 bridgehead atoms. The summed E-state index contributed by atoms with van der Waals surface area (Å²) >= 11 is 0. The van der Waals surface area contributed by atoms with Crippen LogP contribution in [0.2, 0.25) is 0 Å². The van der Waals surface area contributed by atoms with Crippen LogP contribution < -0.4 is 0 Å². The number of aromatic nitrogens is 3. The lowest BCUT2D eigenvalue weighted by Gasteiger charge is -2.33. The predicted octanol–water partition coefficient (Wildman–Crippen LogP) is 0.766. The molecule has 0 aliphatic carbocycles. The van der Waals surface area contributed by atoms with Crippen molar-refractivity contribution < 1.29 is 14.6 Å². The smallest absolute Gasteiger partial charge is 0.163 e. The molecule has 1 saturated heterocycles. The lowest BCUT2D eigenvalue weighted by atomic mass is 10.2. The molecule has 7 heteroatoms. The van der Waals surface area contributed by atoms with E-state index in [-0.39, 0.29) is 6.10 Å². The topological polar surface area (TPSA) is 72.6 Å². The number of aryl methyl sites for hydroxylation is 1. The van der Waals surface area contributed by atoms with Crippen molar-refractivity contribution in [3.63, 3.8) is 0 Å². The monoisotopic (exact) mass is 332 g/mol. The van der Waals surface area contributed by atoms with Crippen LogP contribution >= 0.6 is 0 Å². The summed E-state index contributed by atoms with van der Waals surface area (Å²) in [5.41, 5.74) is 1.11. The van der Waals surface area contributed by atoms with Crippen molar-refractivity contribution >= 4 is 0 Å². The van der Waals surface area contributed by atoms with E-state index in [0.717, 1.165) is 17.9 Å². The van der Waals surface area contributed by atoms with Gasteiger partial charge in [0.15, 0.2) is 5.82 Å². The third kappa shape index (κ3) is 4.61. The molecule has 1 aliphatic heterocycles. The summed E-state index contributed by atoms with van der Waals surface area (Å²) < 4.78 is 13.3. The molecule has 24 heavy (non-hydrogen) atoms. The van der Waals surface area contributed by atoms with Crippen LogP contribution in [0.4, 0.5) is 0 Å². The van der Waals surface area contributed by atoms with E-state index in [1.54, 1.807) is 6.33 Å². The van der Waals surface area contributed by atoms with Crippen molar-refractivity contribution in [1.82, 2.24) is 19.7 Å². The molecule has 1 aliphatic rings. The van der Waals surface area contributed by atoms with Crippen molar-refractivity contribution in [3.05, 3.63) is 48.0 Å². The Kier molecular flexibility index (Phi) is 5.92. The van der Waals surface area contributed by atoms with Crippen LogP contribution in [0, 0.1) is 0 Å². The molecule has 2 heterocycles. The molecule has 0 amide bonds. The van der Waals surface area contributed by atoms with Crippen molar-refractivity contribution in [2.75, 3.05) is 32.8 Å². The van der Waals surface area contributed by atoms with Crippen molar-refractivity contribution in [3.8, 4) is 0 Å². The van der Waals surface area contributed by atoms with Crippen molar-refractivity contribution in [1.29, 1.82) is 0 Å². The molecule has 1 aromatic carbocycles. The van der Waals surface area contributed by atoms with Crippen LogP contribution in [0.15, 0.2) is 36.7 Å². The second-order valence-electron chi connectivity index (χ2n) is 6.07. The SMILES string of the molecule is Cn1cnnc1C1CN(C[C@H](O)COCc2ccccc2)CCO1. The van der Waals surface area contributed by atoms with E-state index in [9.17, 15) is 5.11 Å². The molecule has 2 atom stereocenters. The molecule has 1 fully saturated rings. The van der Waals surface area contributed by atoms with Gasteiger partial charge < -0.3 is 19.1 Å². The van der Waals surface area contributed by atoms with Gasteiger partial charge in [-0.2, -0.15) is 0 Å². The molecule has 0 spiro atoms. The van der Waals surface area contributed by atoms with Crippen LogP contribution in [-0.4, -0.2) is 63.7 Å². The van der Waals surface area contributed by atoms with Gasteiger partial charge in [0.05, 0.1) is 25.9 Å². The van der Waals surface area contributed by atoms with Gasteiger partial charge in [-0.15, -0.1) is 10.2 Å². The average molecular weight is 332 g/mol. The van der Waals surface area contributed by atoms with Gasteiger partial charge in [-0.1, -0.05) is 30.3 Å². The first-order valence-corrected chi connectivity index (χ1v) is 8.20. The van der Waals surface area contributed by atoms with Crippen molar-refractivity contribution in [2.24, 2.45) is 7.05 Å². The summed E-state index contributed by atoms with van der Waals surface area (Å²) in [6, 6.07) is 9.97. The summed E-state index contributed by atoms with van der Waals surface area (Å²) in [7, 11) is 1.91. The van der Waals surface area contributed by atoms with E-state index in [4.69, 9.17) is 9.47 Å². The maximum Gasteiger partial charge on any atom is 0.163 e. The largest absolute Gasteiger partial charge is 0.389 e. The number of morpholine rings is 1. The predicted molar refractivity (Wildman–Crippen MR) is 88.2 cm³/mol. The fourth-order valence-electron chi connectivity index (χ4n) is 2.85. The number of rotatable bonds is 7. The summed E-state index contributed by atoms with van der Waals surface area (Å²) in [6.07, 6.45) is 1.04. The Morgan fingerprint density at radius 2 is 2.21 bits per heavy atom. The van der Waals surface area contributed by atoms with Crippen molar-refractivity contribution in [2.45, 2.75) is 18.8 Å². The summed E-state index contributed by atoms with van der Waals surface area (Å²) in [4.78, 5) is 2.18. The highest BCUT2D eigenvalue weighted by atomic mass is 16.5. The quantitative estimate of drug-likeness (QED) is 0.807. The number of hydrogen-bond acceptors (Lipinski definition) is 6. The van der Waals surface area contributed by atoms with E-state index in [1.807, 2.05) is 41.9 Å². The zero-order valence-electron chi connectivity index (χ0n) is 13.9. The molecule has 7 nitrogen and oxygen atoms in total. The maximum absolute atomic E-state index is 10.2. The Balaban J connectivity index is 1.42. The van der Waals surface area contributed by atoms with E-state index in [0.29, 0.717) is 32.9 Å². The highest BCUT2D eigenvalue weighted by Crippen LogP contribution is 2.19. The lowest BCUT2D eigenvalue weighted by Crippen LogP contribution is -2.43. The number of ether oxygens (including phenoxy) is 2. The van der Waals surface area contributed by atoms with Gasteiger partial charge >= 0.3 is 0 Å². The number of hydrogen-bond donors (Lipinski definition) is 1. The summed E-state index contributed by atoms with van der Waals surface area (Å²) in [5, 5.41) is 18.2. The first kappa shape index (κ1) is 17.0. The van der Waals surface area contributed by atoms with Gasteiger partial charge in [-0.25, -0.2) is 0 Å². The highest BCUT2D eigenvalue weighted by Gasteiger charge is 2.26. The summed E-state index contributed by atoms with van der Waals surface area (Å²) in [5.74, 6) is 0.814. The Morgan fingerprint density at radius 1 is 1.38 bits per heavy atom. The molecular weight excluding hydrogens is 308 g/mol. The van der Waals surface area contributed by atoms with E-state index in [2.05, 4.69) is 15.1 Å². The van der Waals surface area contributed by atoms with E-state index < -0.39 is 6.10 Å². The van der Waals surface area contributed by atoms with E-state index in [1.165, 1.54) is 0 Å². The zero-order valence-corrected chi connectivity index (χ0v) is 13.9. The third-order valence-corrected chi connectivity index (χ3v) is 4.08. The minimum absolute atomic E-state index is 0.108. The van der Waals surface area contributed by atoms with Crippen LogP contribution in [0.3, 0.4) is 0 Å². The zero-order chi connectivity index (χ0) is 16.8. The van der Waals surface area contributed by atoms with E-state index >= 15 is 0 Å². The van der Waals surface area contributed by atoms with Crippen LogP contribution in [-0.2, 0) is 23.1 Å². The number of benzene rings is 1. The van der Waals surface area contributed by atoms with Gasteiger partial charge in [-0.05, 0) is 5.56 Å². The van der Waals surface area contributed by atoms with Gasteiger partial charge in [0.25, 0.3) is 0 Å². The Bertz CT molecular complexity index is 619. The first-order chi connectivity index (χ1) is 11.7. The van der Waals surface area contributed by atoms with Crippen LogP contribution in [0.1, 0.15) is 17.5 Å². The molecule has 3 rings (SSSR count). The Labute approximate surface area is 141 Å². The second-order valence-corrected chi connectivity index (χ2v) is 6.07. The fraction of sp³-hybridized carbons (Fsp3) is 0.529. The van der Waals surface area contributed by atoms with Gasteiger partial charge in [0.2, 0.25) is 0 Å². The lowest BCUT2D eigenvalue weighted by molar-refractivity contribution is -0.0575. The normalized spacial score (nSPS) is 20.2. The third-order valence-electron chi connectivity index (χ3n) is 4.08. The Morgan fingerprint density at radius 3 is 2.96 bits per heavy atom. The molecule has 0 radical (unpaired) electrons. The molecule has 1 unspecified atom stereocenters. The molecule has 130 valence electrons. The molecular formula is C17H24N4O3. The number of nitrogens with zero attached hydrogens (tertiary/aromatic N) is 4. The number of β-amino-alcohol motifs (C(OH)–C–C–N with tert-alkyl or cyclic N) is 1. The fourth-order valence-corrected chi connectivity index (χ4v) is 2.85. The minimum atomic E-state index is -0.521. The maximum atomic E-state index is 10.2. The van der Waals surface area contributed by atoms with Crippen LogP contribution in [0.25, 0.3) is 0 Å². The Hall–Kier alpha value is -1.80. The summed E-state index contributed by atoms with van der Waals surface area (Å²) in [6.45, 7) is 3.51. The molecule has 1 aromatic heterocycles. The molecule has 0 saturated carbocycles. The van der Waals surface area contributed by atoms with Crippen LogP contribution in [0.5, 0.6) is 0 Å².